The number of thiazole rings is 1. The van der Waals surface area contributed by atoms with Gasteiger partial charge in [-0.25, -0.2) is 9.78 Å². The molecule has 2 heterocycles. The van der Waals surface area contributed by atoms with Gasteiger partial charge in [-0.1, -0.05) is 18.2 Å². The Hall–Kier alpha value is -3.89. The molecule has 4 rings (SSSR count). The summed E-state index contributed by atoms with van der Waals surface area (Å²) in [7, 11) is 0. The van der Waals surface area contributed by atoms with E-state index in [1.165, 1.54) is 11.3 Å². The number of hydrogen-bond donors (Lipinski definition) is 0. The van der Waals surface area contributed by atoms with Crippen LogP contribution in [0.1, 0.15) is 24.4 Å². The molecular weight excluding hydrogens is 424 g/mol. The lowest BCUT2D eigenvalue weighted by Gasteiger charge is -2.10. The zero-order chi connectivity index (χ0) is 22.5. The summed E-state index contributed by atoms with van der Waals surface area (Å²) in [6.45, 7) is 4.85. The summed E-state index contributed by atoms with van der Waals surface area (Å²) in [6.07, 6.45) is 1.73. The highest BCUT2D eigenvalue weighted by molar-refractivity contribution is 7.11. The number of nitrogens with zero attached hydrogens (tertiary/aromatic N) is 2. The maximum absolute atomic E-state index is 12.5. The van der Waals surface area contributed by atoms with E-state index in [2.05, 4.69) is 11.1 Å². The molecule has 7 heteroatoms. The summed E-state index contributed by atoms with van der Waals surface area (Å²) in [6, 6.07) is 16.8. The Balaban J connectivity index is 1.72. The van der Waals surface area contributed by atoms with Crippen LogP contribution in [0.3, 0.4) is 0 Å². The maximum Gasteiger partial charge on any atom is 0.345 e. The van der Waals surface area contributed by atoms with Gasteiger partial charge >= 0.3 is 5.63 Å². The molecule has 0 saturated carbocycles. The topological polar surface area (TPSA) is 85.4 Å². The van der Waals surface area contributed by atoms with Crippen LogP contribution in [0.15, 0.2) is 63.1 Å². The Kier molecular flexibility index (Phi) is 6.34. The molecule has 0 N–H and O–H groups in total. The van der Waals surface area contributed by atoms with Crippen molar-refractivity contribution in [3.8, 4) is 28.8 Å². The minimum Gasteiger partial charge on any atom is -0.494 e. The van der Waals surface area contributed by atoms with Crippen molar-refractivity contribution in [2.24, 2.45) is 0 Å². The van der Waals surface area contributed by atoms with E-state index in [4.69, 9.17) is 13.9 Å². The number of fused-ring (bicyclic) bond motifs is 1. The molecule has 0 unspecified atom stereocenters. The highest BCUT2D eigenvalue weighted by atomic mass is 32.1. The number of benzene rings is 2. The van der Waals surface area contributed by atoms with Crippen molar-refractivity contribution in [1.82, 2.24) is 4.98 Å². The molecule has 32 heavy (non-hydrogen) atoms. The summed E-state index contributed by atoms with van der Waals surface area (Å²) < 4.78 is 16.7. The molecule has 2 aromatic carbocycles. The van der Waals surface area contributed by atoms with Gasteiger partial charge < -0.3 is 13.9 Å². The van der Waals surface area contributed by atoms with Crippen LogP contribution in [-0.4, -0.2) is 18.2 Å². The van der Waals surface area contributed by atoms with Crippen molar-refractivity contribution < 1.29 is 13.9 Å². The molecule has 0 radical (unpaired) electrons. The fourth-order valence-corrected chi connectivity index (χ4v) is 4.02. The Morgan fingerprint density at radius 1 is 1.16 bits per heavy atom. The number of aromatic nitrogens is 1. The second-order valence-corrected chi connectivity index (χ2v) is 7.62. The zero-order valence-electron chi connectivity index (χ0n) is 17.6. The summed E-state index contributed by atoms with van der Waals surface area (Å²) in [5.41, 5.74) is 2.01. The molecule has 0 saturated heterocycles. The highest BCUT2D eigenvalue weighted by Crippen LogP contribution is 2.31. The van der Waals surface area contributed by atoms with Crippen LogP contribution in [0.25, 0.3) is 33.9 Å². The van der Waals surface area contributed by atoms with Gasteiger partial charge in [-0.3, -0.25) is 0 Å². The molecule has 160 valence electrons. The van der Waals surface area contributed by atoms with Crippen LogP contribution >= 0.6 is 11.3 Å². The molecule has 0 amide bonds. The number of para-hydroxylation sites is 1. The number of ether oxygens (including phenoxy) is 2. The van der Waals surface area contributed by atoms with Crippen molar-refractivity contribution in [1.29, 1.82) is 5.26 Å². The first-order valence-electron chi connectivity index (χ1n) is 10.1. The molecule has 4 aromatic rings. The lowest BCUT2D eigenvalue weighted by atomic mass is 10.1. The third-order valence-corrected chi connectivity index (χ3v) is 5.54. The maximum atomic E-state index is 12.5. The van der Waals surface area contributed by atoms with Gasteiger partial charge in [0.05, 0.1) is 30.0 Å². The van der Waals surface area contributed by atoms with Gasteiger partial charge in [-0.05, 0) is 44.2 Å². The first-order valence-corrected chi connectivity index (χ1v) is 11.0. The quantitative estimate of drug-likeness (QED) is 0.265. The molecule has 6 nitrogen and oxygen atoms in total. The van der Waals surface area contributed by atoms with Gasteiger partial charge in [0.25, 0.3) is 0 Å². The second-order valence-electron chi connectivity index (χ2n) is 6.76. The predicted octanol–water partition coefficient (Wildman–Crippen LogP) is 5.78. The van der Waals surface area contributed by atoms with E-state index < -0.39 is 5.63 Å². The van der Waals surface area contributed by atoms with Crippen LogP contribution in [0.2, 0.25) is 0 Å². The molecule has 0 spiro atoms. The highest BCUT2D eigenvalue weighted by Gasteiger charge is 2.15. The third kappa shape index (κ3) is 4.41. The van der Waals surface area contributed by atoms with Gasteiger partial charge in [0, 0.05) is 22.4 Å². The minimum atomic E-state index is -0.465. The van der Waals surface area contributed by atoms with Crippen molar-refractivity contribution in [2.75, 3.05) is 13.2 Å². The smallest absolute Gasteiger partial charge is 0.345 e. The Morgan fingerprint density at radius 2 is 1.97 bits per heavy atom. The molecule has 0 aliphatic carbocycles. The van der Waals surface area contributed by atoms with Crippen molar-refractivity contribution in [2.45, 2.75) is 13.8 Å². The lowest BCUT2D eigenvalue weighted by Crippen LogP contribution is -2.02. The van der Waals surface area contributed by atoms with Crippen LogP contribution in [0.5, 0.6) is 11.5 Å². The average Bonchev–Trinajstić information content (AvgIpc) is 3.28. The molecule has 0 atom stereocenters. The fraction of sp³-hybridized carbons (Fsp3) is 0.160. The van der Waals surface area contributed by atoms with E-state index in [1.54, 1.807) is 29.7 Å². The van der Waals surface area contributed by atoms with E-state index in [0.717, 1.165) is 10.9 Å². The standard InChI is InChI=1S/C25H20N2O4S/c1-3-29-19-10-9-17(23(13-19)30-4-2)11-18(14-26)24-27-21(15-32-24)20-12-16-7-5-6-8-22(16)31-25(20)28/h5-13,15H,3-4H2,1-2H3/b18-11-. The largest absolute Gasteiger partial charge is 0.494 e. The number of hydrogen-bond acceptors (Lipinski definition) is 7. The fourth-order valence-electron chi connectivity index (χ4n) is 3.23. The average molecular weight is 445 g/mol. The summed E-state index contributed by atoms with van der Waals surface area (Å²) in [4.78, 5) is 17.0. The second kappa shape index (κ2) is 9.50. The zero-order valence-corrected chi connectivity index (χ0v) is 18.4. The Morgan fingerprint density at radius 3 is 2.75 bits per heavy atom. The van der Waals surface area contributed by atoms with Gasteiger partial charge in [0.2, 0.25) is 0 Å². The van der Waals surface area contributed by atoms with E-state index in [0.29, 0.717) is 52.1 Å². The predicted molar refractivity (Wildman–Crippen MR) is 126 cm³/mol. The molecule has 2 aromatic heterocycles. The lowest BCUT2D eigenvalue weighted by molar-refractivity contribution is 0.322. The first-order chi connectivity index (χ1) is 15.6. The van der Waals surface area contributed by atoms with E-state index in [-0.39, 0.29) is 0 Å². The SMILES string of the molecule is CCOc1ccc(/C=C(/C#N)c2nc(-c3cc4ccccc4oc3=O)cs2)c(OCC)c1. The molecule has 0 aliphatic rings. The third-order valence-electron chi connectivity index (χ3n) is 4.67. The van der Waals surface area contributed by atoms with Gasteiger partial charge in [-0.15, -0.1) is 11.3 Å². The number of rotatable bonds is 7. The summed E-state index contributed by atoms with van der Waals surface area (Å²) in [5, 5.41) is 12.8. The van der Waals surface area contributed by atoms with Crippen LogP contribution < -0.4 is 15.1 Å². The first kappa shape index (κ1) is 21.3. The molecule has 0 fully saturated rings. The summed E-state index contributed by atoms with van der Waals surface area (Å²) in [5.74, 6) is 1.32. The number of nitriles is 1. The summed E-state index contributed by atoms with van der Waals surface area (Å²) >= 11 is 1.29. The van der Waals surface area contributed by atoms with Crippen molar-refractivity contribution in [3.05, 3.63) is 74.9 Å². The monoisotopic (exact) mass is 444 g/mol. The van der Waals surface area contributed by atoms with Gasteiger partial charge in [-0.2, -0.15) is 5.26 Å². The molecule has 0 aliphatic heterocycles. The molecular formula is C25H20N2O4S. The van der Waals surface area contributed by atoms with Crippen molar-refractivity contribution >= 4 is 34.0 Å². The Bertz CT molecular complexity index is 1400. The molecule has 0 bridgehead atoms. The van der Waals surface area contributed by atoms with E-state index >= 15 is 0 Å². The van der Waals surface area contributed by atoms with E-state index in [9.17, 15) is 10.1 Å². The van der Waals surface area contributed by atoms with Gasteiger partial charge in [0.1, 0.15) is 28.2 Å². The number of allylic oxidation sites excluding steroid dienone is 1. The van der Waals surface area contributed by atoms with E-state index in [1.807, 2.05) is 44.2 Å². The normalized spacial score (nSPS) is 11.3. The minimum absolute atomic E-state index is 0.361. The van der Waals surface area contributed by atoms with Crippen LogP contribution in [0, 0.1) is 11.3 Å². The van der Waals surface area contributed by atoms with Gasteiger partial charge in [0.15, 0.2) is 0 Å². The Labute approximate surface area is 189 Å². The van der Waals surface area contributed by atoms with Crippen molar-refractivity contribution in [3.63, 3.8) is 0 Å². The van der Waals surface area contributed by atoms with Crippen LogP contribution in [-0.2, 0) is 0 Å². The van der Waals surface area contributed by atoms with Crippen LogP contribution in [0.4, 0.5) is 0 Å².